The smallest absolute Gasteiger partial charge is 0.163 e. The summed E-state index contributed by atoms with van der Waals surface area (Å²) in [5, 5.41) is 18.0. The average Bonchev–Trinajstić information content (AvgIpc) is 2.23. The number of ether oxygens (including phenoxy) is 2. The molecule has 1 aliphatic rings. The van der Waals surface area contributed by atoms with Crippen LogP contribution in [-0.2, 0) is 9.47 Å². The summed E-state index contributed by atoms with van der Waals surface area (Å²) in [6.07, 6.45) is -1.46. The maximum absolute atomic E-state index is 9.31. The molecule has 4 nitrogen and oxygen atoms in total. The standard InChI is InChI=1S/C8H16O4/c1-5-7(6(10)4-9)12-8(2,3)11-5/h5-7,9-10H,4H2,1-3H3/t5-,6+,7-/m1/s1. The molecule has 1 aliphatic heterocycles. The molecule has 0 aromatic heterocycles. The summed E-state index contributed by atoms with van der Waals surface area (Å²) in [5.41, 5.74) is 0. The van der Waals surface area contributed by atoms with Crippen LogP contribution in [0.5, 0.6) is 0 Å². The van der Waals surface area contributed by atoms with Crippen molar-refractivity contribution in [1.29, 1.82) is 0 Å². The lowest BCUT2D eigenvalue weighted by Crippen LogP contribution is -2.36. The van der Waals surface area contributed by atoms with Crippen LogP contribution in [0.2, 0.25) is 0 Å². The van der Waals surface area contributed by atoms with Crippen LogP contribution in [-0.4, -0.2) is 40.9 Å². The molecule has 0 aliphatic carbocycles. The Hall–Kier alpha value is -0.160. The lowest BCUT2D eigenvalue weighted by atomic mass is 10.1. The van der Waals surface area contributed by atoms with Crippen LogP contribution in [0.3, 0.4) is 0 Å². The minimum absolute atomic E-state index is 0.179. The molecule has 1 rings (SSSR count). The van der Waals surface area contributed by atoms with Crippen LogP contribution in [0.4, 0.5) is 0 Å². The van der Waals surface area contributed by atoms with Gasteiger partial charge < -0.3 is 19.7 Å². The van der Waals surface area contributed by atoms with E-state index < -0.39 is 18.0 Å². The number of hydrogen-bond donors (Lipinski definition) is 2. The average molecular weight is 176 g/mol. The van der Waals surface area contributed by atoms with E-state index in [1.807, 2.05) is 6.92 Å². The van der Waals surface area contributed by atoms with E-state index in [-0.39, 0.29) is 12.7 Å². The highest BCUT2D eigenvalue weighted by atomic mass is 16.8. The highest BCUT2D eigenvalue weighted by molar-refractivity contribution is 4.83. The van der Waals surface area contributed by atoms with Gasteiger partial charge in [-0.15, -0.1) is 0 Å². The van der Waals surface area contributed by atoms with Crippen LogP contribution >= 0.6 is 0 Å². The monoisotopic (exact) mass is 176 g/mol. The van der Waals surface area contributed by atoms with Crippen molar-refractivity contribution < 1.29 is 19.7 Å². The highest BCUT2D eigenvalue weighted by Gasteiger charge is 2.41. The fraction of sp³-hybridized carbons (Fsp3) is 1.00. The molecular formula is C8H16O4. The number of aliphatic hydroxyl groups excluding tert-OH is 2. The Morgan fingerprint density at radius 2 is 2.00 bits per heavy atom. The summed E-state index contributed by atoms with van der Waals surface area (Å²) in [6, 6.07) is 0. The Kier molecular flexibility index (Phi) is 2.73. The molecule has 72 valence electrons. The maximum Gasteiger partial charge on any atom is 0.163 e. The Morgan fingerprint density at radius 3 is 2.33 bits per heavy atom. The first-order chi connectivity index (χ1) is 5.46. The summed E-state index contributed by atoms with van der Waals surface area (Å²) in [6.45, 7) is 5.09. The van der Waals surface area contributed by atoms with Gasteiger partial charge in [0.2, 0.25) is 0 Å². The summed E-state index contributed by atoms with van der Waals surface area (Å²) < 4.78 is 10.8. The Bertz CT molecular complexity index is 157. The van der Waals surface area contributed by atoms with Gasteiger partial charge in [-0.05, 0) is 20.8 Å². The second-order valence-corrected chi connectivity index (χ2v) is 3.56. The summed E-state index contributed by atoms with van der Waals surface area (Å²) in [7, 11) is 0. The highest BCUT2D eigenvalue weighted by Crippen LogP contribution is 2.29. The second kappa shape index (κ2) is 3.30. The molecule has 0 unspecified atom stereocenters. The van der Waals surface area contributed by atoms with Crippen molar-refractivity contribution >= 4 is 0 Å². The Labute approximate surface area is 72.1 Å². The predicted molar refractivity (Wildman–Crippen MR) is 42.6 cm³/mol. The SMILES string of the molecule is C[C@H]1OC(C)(C)O[C@H]1[C@@H](O)CO. The van der Waals surface area contributed by atoms with Crippen molar-refractivity contribution in [3.8, 4) is 0 Å². The molecule has 1 heterocycles. The molecule has 0 amide bonds. The molecule has 4 heteroatoms. The second-order valence-electron chi connectivity index (χ2n) is 3.56. The van der Waals surface area contributed by atoms with Crippen LogP contribution in [0.25, 0.3) is 0 Å². The number of rotatable bonds is 2. The summed E-state index contributed by atoms with van der Waals surface area (Å²) in [4.78, 5) is 0. The van der Waals surface area contributed by atoms with Crippen molar-refractivity contribution in [3.63, 3.8) is 0 Å². The molecular weight excluding hydrogens is 160 g/mol. The van der Waals surface area contributed by atoms with Crippen molar-refractivity contribution in [1.82, 2.24) is 0 Å². The zero-order valence-corrected chi connectivity index (χ0v) is 7.65. The van der Waals surface area contributed by atoms with Crippen molar-refractivity contribution in [2.24, 2.45) is 0 Å². The Morgan fingerprint density at radius 1 is 1.42 bits per heavy atom. The van der Waals surface area contributed by atoms with E-state index in [1.54, 1.807) is 13.8 Å². The summed E-state index contributed by atoms with van der Waals surface area (Å²) in [5.74, 6) is -0.653. The van der Waals surface area contributed by atoms with Gasteiger partial charge in [-0.25, -0.2) is 0 Å². The number of hydrogen-bond acceptors (Lipinski definition) is 4. The van der Waals surface area contributed by atoms with E-state index in [9.17, 15) is 5.11 Å². The lowest BCUT2D eigenvalue weighted by molar-refractivity contribution is -0.156. The summed E-state index contributed by atoms with van der Waals surface area (Å²) >= 11 is 0. The third kappa shape index (κ3) is 1.95. The van der Waals surface area contributed by atoms with Gasteiger partial charge in [-0.3, -0.25) is 0 Å². The van der Waals surface area contributed by atoms with Crippen LogP contribution < -0.4 is 0 Å². The molecule has 0 aromatic carbocycles. The topological polar surface area (TPSA) is 58.9 Å². The van der Waals surface area contributed by atoms with Crippen LogP contribution in [0.1, 0.15) is 20.8 Å². The van der Waals surface area contributed by atoms with E-state index in [1.165, 1.54) is 0 Å². The molecule has 3 atom stereocenters. The van der Waals surface area contributed by atoms with Crippen LogP contribution in [0.15, 0.2) is 0 Å². The van der Waals surface area contributed by atoms with E-state index >= 15 is 0 Å². The van der Waals surface area contributed by atoms with Gasteiger partial charge in [0.05, 0.1) is 12.7 Å². The first kappa shape index (κ1) is 9.92. The van der Waals surface area contributed by atoms with Gasteiger partial charge >= 0.3 is 0 Å². The minimum Gasteiger partial charge on any atom is -0.394 e. The van der Waals surface area contributed by atoms with E-state index in [0.29, 0.717) is 0 Å². The van der Waals surface area contributed by atoms with Crippen molar-refractivity contribution in [3.05, 3.63) is 0 Å². The van der Waals surface area contributed by atoms with Gasteiger partial charge in [0.25, 0.3) is 0 Å². The molecule has 1 saturated heterocycles. The maximum atomic E-state index is 9.31. The van der Waals surface area contributed by atoms with E-state index in [4.69, 9.17) is 14.6 Å². The predicted octanol–water partition coefficient (Wildman–Crippen LogP) is -0.120. The quantitative estimate of drug-likeness (QED) is 0.616. The largest absolute Gasteiger partial charge is 0.394 e. The third-order valence-electron chi connectivity index (χ3n) is 1.92. The molecule has 0 spiro atoms. The van der Waals surface area contributed by atoms with Gasteiger partial charge in [-0.2, -0.15) is 0 Å². The molecule has 0 saturated carbocycles. The van der Waals surface area contributed by atoms with E-state index in [0.717, 1.165) is 0 Å². The Balaban J connectivity index is 2.57. The van der Waals surface area contributed by atoms with Crippen LogP contribution in [0, 0.1) is 0 Å². The molecule has 12 heavy (non-hydrogen) atoms. The molecule has 2 N–H and O–H groups in total. The molecule has 0 aromatic rings. The van der Waals surface area contributed by atoms with Gasteiger partial charge in [-0.1, -0.05) is 0 Å². The zero-order chi connectivity index (χ0) is 9.35. The molecule has 1 fully saturated rings. The van der Waals surface area contributed by atoms with Crippen molar-refractivity contribution in [2.45, 2.75) is 44.9 Å². The fourth-order valence-corrected chi connectivity index (χ4v) is 1.46. The first-order valence-electron chi connectivity index (χ1n) is 4.11. The van der Waals surface area contributed by atoms with Crippen molar-refractivity contribution in [2.75, 3.05) is 6.61 Å². The van der Waals surface area contributed by atoms with Gasteiger partial charge in [0.15, 0.2) is 5.79 Å². The third-order valence-corrected chi connectivity index (χ3v) is 1.92. The van der Waals surface area contributed by atoms with Gasteiger partial charge in [0.1, 0.15) is 12.2 Å². The minimum atomic E-state index is -0.859. The van der Waals surface area contributed by atoms with E-state index in [2.05, 4.69) is 0 Å². The normalized spacial score (nSPS) is 36.8. The number of aliphatic hydroxyl groups is 2. The molecule has 0 radical (unpaired) electrons. The fourth-order valence-electron chi connectivity index (χ4n) is 1.46. The lowest BCUT2D eigenvalue weighted by Gasteiger charge is -2.19. The molecule has 0 bridgehead atoms. The van der Waals surface area contributed by atoms with Gasteiger partial charge in [0, 0.05) is 0 Å². The first-order valence-corrected chi connectivity index (χ1v) is 4.11. The zero-order valence-electron chi connectivity index (χ0n) is 7.65.